The van der Waals surface area contributed by atoms with E-state index in [1.165, 1.54) is 0 Å². The van der Waals surface area contributed by atoms with Crippen LogP contribution in [0.25, 0.3) is 0 Å². The first kappa shape index (κ1) is 11.9. The van der Waals surface area contributed by atoms with Crippen LogP contribution < -0.4 is 4.90 Å². The minimum absolute atomic E-state index is 0.107. The number of alkyl halides is 1. The molecule has 1 amide bonds. The first-order chi connectivity index (χ1) is 7.60. The summed E-state index contributed by atoms with van der Waals surface area (Å²) in [5.74, 6) is 1.59. The highest BCUT2D eigenvalue weighted by Gasteiger charge is 2.30. The first-order valence-corrected chi connectivity index (χ1v) is 6.43. The second-order valence-corrected chi connectivity index (χ2v) is 5.18. The summed E-state index contributed by atoms with van der Waals surface area (Å²) in [6.07, 6.45) is 0.525. The zero-order valence-electron chi connectivity index (χ0n) is 8.91. The van der Waals surface area contributed by atoms with Crippen molar-refractivity contribution in [3.8, 4) is 0 Å². The van der Waals surface area contributed by atoms with Gasteiger partial charge < -0.3 is 0 Å². The Labute approximate surface area is 108 Å². The molecule has 0 aliphatic carbocycles. The maximum atomic E-state index is 11.8. The number of carbonyl (C=O) groups excluding carboxylic acids is 1. The van der Waals surface area contributed by atoms with Crippen molar-refractivity contribution in [3.05, 3.63) is 22.3 Å². The van der Waals surface area contributed by atoms with Crippen molar-refractivity contribution in [2.24, 2.45) is 5.92 Å². The van der Waals surface area contributed by atoms with Gasteiger partial charge in [0.25, 0.3) is 0 Å². The molecule has 1 unspecified atom stereocenters. The van der Waals surface area contributed by atoms with E-state index in [0.29, 0.717) is 24.7 Å². The van der Waals surface area contributed by atoms with Gasteiger partial charge in [0.2, 0.25) is 5.91 Å². The van der Waals surface area contributed by atoms with Gasteiger partial charge in [-0.05, 0) is 46.5 Å². The normalized spacial score (nSPS) is 20.6. The Morgan fingerprint density at radius 1 is 1.62 bits per heavy atom. The number of halogens is 2. The number of carbonyl (C=O) groups is 1. The van der Waals surface area contributed by atoms with Crippen LogP contribution in [0.2, 0.25) is 0 Å². The Kier molecular flexibility index (Phi) is 3.50. The third-order valence-electron chi connectivity index (χ3n) is 2.62. The summed E-state index contributed by atoms with van der Waals surface area (Å²) in [5.41, 5.74) is 1.08. The zero-order valence-corrected chi connectivity index (χ0v) is 11.3. The molecule has 0 spiro atoms. The molecule has 1 aromatic rings. The summed E-state index contributed by atoms with van der Waals surface area (Å²) in [6, 6.07) is 3.84. The van der Waals surface area contributed by atoms with E-state index in [1.807, 2.05) is 19.1 Å². The number of amides is 1. The van der Waals surface area contributed by atoms with E-state index in [4.69, 9.17) is 11.6 Å². The Hall–Kier alpha value is -0.610. The van der Waals surface area contributed by atoms with Crippen LogP contribution in [-0.2, 0) is 4.79 Å². The van der Waals surface area contributed by atoms with Crippen molar-refractivity contribution in [2.75, 3.05) is 17.3 Å². The summed E-state index contributed by atoms with van der Waals surface area (Å²) >= 11 is 9.12. The largest absolute Gasteiger partial charge is 0.296 e. The summed E-state index contributed by atoms with van der Waals surface area (Å²) in [6.45, 7) is 2.65. The number of nitrogens with zero attached hydrogens (tertiary/aromatic N) is 2. The van der Waals surface area contributed by atoms with Crippen LogP contribution in [0.1, 0.15) is 12.0 Å². The zero-order chi connectivity index (χ0) is 11.7. The standard InChI is InChI=1S/C11H12BrClN2O/c1-7-2-9(12)14-10(3-7)15-6-8(5-13)4-11(15)16/h2-3,8H,4-6H2,1H3. The summed E-state index contributed by atoms with van der Waals surface area (Å²) in [4.78, 5) is 17.8. The second kappa shape index (κ2) is 4.72. The summed E-state index contributed by atoms with van der Waals surface area (Å²) in [5, 5.41) is 0. The highest BCUT2D eigenvalue weighted by molar-refractivity contribution is 9.10. The number of anilines is 1. The van der Waals surface area contributed by atoms with Crippen molar-refractivity contribution in [1.29, 1.82) is 0 Å². The third kappa shape index (κ3) is 2.38. The second-order valence-electron chi connectivity index (χ2n) is 4.05. The third-order valence-corrected chi connectivity index (χ3v) is 3.47. The molecule has 0 N–H and O–H groups in total. The molecule has 16 heavy (non-hydrogen) atoms. The molecule has 2 rings (SSSR count). The Balaban J connectivity index is 2.27. The molecule has 86 valence electrons. The number of hydrogen-bond acceptors (Lipinski definition) is 2. The number of aromatic nitrogens is 1. The lowest BCUT2D eigenvalue weighted by atomic mass is 10.1. The molecule has 1 atom stereocenters. The molecule has 1 aliphatic heterocycles. The lowest BCUT2D eigenvalue weighted by molar-refractivity contribution is -0.117. The smallest absolute Gasteiger partial charge is 0.228 e. The van der Waals surface area contributed by atoms with Crippen molar-refractivity contribution >= 4 is 39.3 Å². The highest BCUT2D eigenvalue weighted by Crippen LogP contribution is 2.26. The van der Waals surface area contributed by atoms with Gasteiger partial charge in [-0.25, -0.2) is 4.98 Å². The van der Waals surface area contributed by atoms with Gasteiger partial charge in [-0.2, -0.15) is 0 Å². The predicted molar refractivity (Wildman–Crippen MR) is 67.9 cm³/mol. The van der Waals surface area contributed by atoms with Gasteiger partial charge in [0.15, 0.2) is 0 Å². The van der Waals surface area contributed by atoms with Crippen LogP contribution in [0.15, 0.2) is 16.7 Å². The van der Waals surface area contributed by atoms with Gasteiger partial charge in [0.05, 0.1) is 0 Å². The summed E-state index contributed by atoms with van der Waals surface area (Å²) < 4.78 is 0.754. The van der Waals surface area contributed by atoms with Crippen molar-refractivity contribution in [3.63, 3.8) is 0 Å². The SMILES string of the molecule is Cc1cc(Br)nc(N2CC(CCl)CC2=O)c1. The van der Waals surface area contributed by atoms with Crippen LogP contribution in [0, 0.1) is 12.8 Å². The molecule has 1 aromatic heterocycles. The van der Waals surface area contributed by atoms with Crippen LogP contribution in [-0.4, -0.2) is 23.3 Å². The fraction of sp³-hybridized carbons (Fsp3) is 0.455. The average molecular weight is 304 g/mol. The maximum absolute atomic E-state index is 11.8. The quantitative estimate of drug-likeness (QED) is 0.622. The molecule has 1 fully saturated rings. The molecule has 5 heteroatoms. The van der Waals surface area contributed by atoms with Gasteiger partial charge in [0, 0.05) is 18.8 Å². The van der Waals surface area contributed by atoms with Crippen molar-refractivity contribution in [2.45, 2.75) is 13.3 Å². The van der Waals surface area contributed by atoms with Crippen molar-refractivity contribution < 1.29 is 4.79 Å². The van der Waals surface area contributed by atoms with E-state index in [-0.39, 0.29) is 11.8 Å². The lowest BCUT2D eigenvalue weighted by Gasteiger charge is -2.16. The van der Waals surface area contributed by atoms with Crippen molar-refractivity contribution in [1.82, 2.24) is 4.98 Å². The number of hydrogen-bond donors (Lipinski definition) is 0. The fourth-order valence-electron chi connectivity index (χ4n) is 1.85. The van der Waals surface area contributed by atoms with E-state index in [9.17, 15) is 4.79 Å². The topological polar surface area (TPSA) is 33.2 Å². The molecule has 1 saturated heterocycles. The predicted octanol–water partition coefficient (Wildman–Crippen LogP) is 2.74. The van der Waals surface area contributed by atoms with Crippen LogP contribution in [0.4, 0.5) is 5.82 Å². The Morgan fingerprint density at radius 3 is 2.94 bits per heavy atom. The molecule has 2 heterocycles. The molecule has 0 saturated carbocycles. The van der Waals surface area contributed by atoms with Crippen LogP contribution in [0.3, 0.4) is 0 Å². The van der Waals surface area contributed by atoms with Crippen LogP contribution >= 0.6 is 27.5 Å². The molecular formula is C11H12BrClN2O. The molecule has 1 aliphatic rings. The van der Waals surface area contributed by atoms with E-state index >= 15 is 0 Å². The van der Waals surface area contributed by atoms with E-state index in [0.717, 1.165) is 10.2 Å². The maximum Gasteiger partial charge on any atom is 0.228 e. The van der Waals surface area contributed by atoms with Gasteiger partial charge in [0.1, 0.15) is 10.4 Å². The van der Waals surface area contributed by atoms with E-state index in [2.05, 4.69) is 20.9 Å². The minimum Gasteiger partial charge on any atom is -0.296 e. The van der Waals surface area contributed by atoms with Gasteiger partial charge in [-0.3, -0.25) is 9.69 Å². The monoisotopic (exact) mass is 302 g/mol. The van der Waals surface area contributed by atoms with Crippen LogP contribution in [0.5, 0.6) is 0 Å². The minimum atomic E-state index is 0.107. The average Bonchev–Trinajstić information content (AvgIpc) is 2.58. The highest BCUT2D eigenvalue weighted by atomic mass is 79.9. The molecule has 0 bridgehead atoms. The van der Waals surface area contributed by atoms with Gasteiger partial charge >= 0.3 is 0 Å². The van der Waals surface area contributed by atoms with Gasteiger partial charge in [-0.15, -0.1) is 11.6 Å². The first-order valence-electron chi connectivity index (χ1n) is 5.10. The summed E-state index contributed by atoms with van der Waals surface area (Å²) in [7, 11) is 0. The number of pyridine rings is 1. The lowest BCUT2D eigenvalue weighted by Crippen LogP contribution is -2.25. The Morgan fingerprint density at radius 2 is 2.38 bits per heavy atom. The molecule has 0 radical (unpaired) electrons. The number of rotatable bonds is 2. The molecule has 0 aromatic carbocycles. The fourth-order valence-corrected chi connectivity index (χ4v) is 2.60. The van der Waals surface area contributed by atoms with Gasteiger partial charge in [-0.1, -0.05) is 0 Å². The molecular weight excluding hydrogens is 291 g/mol. The number of aryl methyl sites for hydroxylation is 1. The van der Waals surface area contributed by atoms with E-state index < -0.39 is 0 Å². The van der Waals surface area contributed by atoms with E-state index in [1.54, 1.807) is 4.90 Å². The molecule has 3 nitrogen and oxygen atoms in total. The Bertz CT molecular complexity index is 404.